The summed E-state index contributed by atoms with van der Waals surface area (Å²) in [4.78, 5) is 31.6. The fourth-order valence-corrected chi connectivity index (χ4v) is 2.91. The van der Waals surface area contributed by atoms with Crippen molar-refractivity contribution in [2.75, 3.05) is 25.1 Å². The van der Waals surface area contributed by atoms with Crippen LogP contribution in [0.4, 0.5) is 5.82 Å². The lowest BCUT2D eigenvalue weighted by Crippen LogP contribution is -2.45. The third kappa shape index (κ3) is 3.86. The Labute approximate surface area is 154 Å². The second-order valence-electron chi connectivity index (χ2n) is 5.58. The molecular formula is C17H15Cl2N3O3. The van der Waals surface area contributed by atoms with Gasteiger partial charge >= 0.3 is 0 Å². The molecule has 2 amide bonds. The minimum absolute atomic E-state index is 0.112. The van der Waals surface area contributed by atoms with Gasteiger partial charge in [0, 0.05) is 29.8 Å². The number of anilines is 1. The molecule has 1 aromatic carbocycles. The van der Waals surface area contributed by atoms with Gasteiger partial charge in [-0.05, 0) is 29.8 Å². The number of rotatable bonds is 4. The molecule has 6 nitrogen and oxygen atoms in total. The van der Waals surface area contributed by atoms with E-state index in [1.54, 1.807) is 43.6 Å². The average Bonchev–Trinajstić information content (AvgIpc) is 2.59. The van der Waals surface area contributed by atoms with Crippen molar-refractivity contribution in [1.82, 2.24) is 9.88 Å². The van der Waals surface area contributed by atoms with Crippen molar-refractivity contribution in [3.05, 3.63) is 52.1 Å². The molecule has 2 heterocycles. The fraction of sp³-hybridized carbons (Fsp3) is 0.235. The fourth-order valence-electron chi connectivity index (χ4n) is 2.45. The predicted molar refractivity (Wildman–Crippen MR) is 95.0 cm³/mol. The van der Waals surface area contributed by atoms with Gasteiger partial charge in [-0.15, -0.1) is 0 Å². The van der Waals surface area contributed by atoms with Crippen molar-refractivity contribution in [1.29, 1.82) is 0 Å². The molecule has 3 rings (SSSR count). The van der Waals surface area contributed by atoms with Crippen LogP contribution in [-0.4, -0.2) is 41.9 Å². The number of carbonyl (C=O) groups excluding carboxylic acids is 2. The number of hydrogen-bond acceptors (Lipinski definition) is 4. The van der Waals surface area contributed by atoms with Crippen LogP contribution in [0, 0.1) is 0 Å². The first-order valence-electron chi connectivity index (χ1n) is 7.52. The molecule has 0 fully saturated rings. The van der Waals surface area contributed by atoms with E-state index in [0.717, 1.165) is 5.56 Å². The summed E-state index contributed by atoms with van der Waals surface area (Å²) in [5.41, 5.74) is 0.772. The van der Waals surface area contributed by atoms with Crippen LogP contribution in [0.5, 0.6) is 5.75 Å². The van der Waals surface area contributed by atoms with Crippen molar-refractivity contribution in [3.8, 4) is 5.75 Å². The van der Waals surface area contributed by atoms with E-state index >= 15 is 0 Å². The molecule has 0 saturated heterocycles. The van der Waals surface area contributed by atoms with E-state index in [1.807, 2.05) is 0 Å². The Morgan fingerprint density at radius 1 is 1.36 bits per heavy atom. The molecule has 130 valence electrons. The van der Waals surface area contributed by atoms with Crippen LogP contribution in [0.2, 0.25) is 10.0 Å². The average molecular weight is 380 g/mol. The molecule has 0 N–H and O–H groups in total. The summed E-state index contributed by atoms with van der Waals surface area (Å²) in [6, 6.07) is 8.53. The molecule has 8 heteroatoms. The number of aromatic nitrogens is 1. The minimum Gasteiger partial charge on any atom is -0.480 e. The molecule has 0 saturated carbocycles. The lowest BCUT2D eigenvalue weighted by molar-refractivity contribution is -0.131. The van der Waals surface area contributed by atoms with Gasteiger partial charge in [-0.3, -0.25) is 14.5 Å². The molecule has 2 aromatic rings. The number of amides is 2. The number of carbonyl (C=O) groups is 2. The van der Waals surface area contributed by atoms with Crippen LogP contribution in [0.1, 0.15) is 5.56 Å². The van der Waals surface area contributed by atoms with E-state index in [0.29, 0.717) is 28.2 Å². The van der Waals surface area contributed by atoms with Gasteiger partial charge < -0.3 is 9.64 Å². The lowest BCUT2D eigenvalue weighted by atomic mass is 10.2. The zero-order chi connectivity index (χ0) is 18.0. The van der Waals surface area contributed by atoms with Crippen molar-refractivity contribution in [3.63, 3.8) is 0 Å². The van der Waals surface area contributed by atoms with E-state index in [2.05, 4.69) is 4.98 Å². The molecule has 0 aliphatic carbocycles. The maximum absolute atomic E-state index is 12.5. The van der Waals surface area contributed by atoms with Crippen LogP contribution in [0.15, 0.2) is 36.5 Å². The topological polar surface area (TPSA) is 62.7 Å². The van der Waals surface area contributed by atoms with Crippen molar-refractivity contribution >= 4 is 40.8 Å². The van der Waals surface area contributed by atoms with Gasteiger partial charge in [-0.2, -0.15) is 0 Å². The highest BCUT2D eigenvalue weighted by Gasteiger charge is 2.29. The Morgan fingerprint density at radius 2 is 2.16 bits per heavy atom. The van der Waals surface area contributed by atoms with Crippen LogP contribution >= 0.6 is 23.2 Å². The lowest BCUT2D eigenvalue weighted by Gasteiger charge is -2.29. The molecule has 1 aromatic heterocycles. The third-order valence-electron chi connectivity index (χ3n) is 3.80. The maximum Gasteiger partial charge on any atom is 0.266 e. The quantitative estimate of drug-likeness (QED) is 0.819. The highest BCUT2D eigenvalue weighted by Crippen LogP contribution is 2.29. The van der Waals surface area contributed by atoms with Gasteiger partial charge in [0.1, 0.15) is 6.54 Å². The monoisotopic (exact) mass is 379 g/mol. The van der Waals surface area contributed by atoms with Crippen LogP contribution in [0.25, 0.3) is 0 Å². The molecule has 0 unspecified atom stereocenters. The second kappa shape index (κ2) is 7.29. The zero-order valence-corrected chi connectivity index (χ0v) is 14.9. The highest BCUT2D eigenvalue weighted by molar-refractivity contribution is 6.35. The summed E-state index contributed by atoms with van der Waals surface area (Å²) < 4.78 is 5.32. The summed E-state index contributed by atoms with van der Waals surface area (Å²) in [7, 11) is 1.65. The highest BCUT2D eigenvalue weighted by atomic mass is 35.5. The molecule has 0 spiro atoms. The molecule has 0 radical (unpaired) electrons. The van der Waals surface area contributed by atoms with Crippen LogP contribution in [0.3, 0.4) is 0 Å². The van der Waals surface area contributed by atoms with E-state index in [9.17, 15) is 9.59 Å². The molecular weight excluding hydrogens is 365 g/mol. The number of halogens is 2. The Morgan fingerprint density at radius 3 is 2.92 bits per heavy atom. The normalized spacial score (nSPS) is 13.2. The first kappa shape index (κ1) is 17.5. The minimum atomic E-state index is -0.308. The van der Waals surface area contributed by atoms with Crippen molar-refractivity contribution in [2.24, 2.45) is 0 Å². The summed E-state index contributed by atoms with van der Waals surface area (Å²) in [5, 5.41) is 1.02. The summed E-state index contributed by atoms with van der Waals surface area (Å²) in [6.45, 7) is 0.0784. The Hall–Kier alpha value is -2.31. The number of nitrogens with zero attached hydrogens (tertiary/aromatic N) is 3. The molecule has 1 aliphatic heterocycles. The van der Waals surface area contributed by atoms with Crippen molar-refractivity contribution in [2.45, 2.75) is 6.54 Å². The van der Waals surface area contributed by atoms with Gasteiger partial charge in [-0.25, -0.2) is 4.98 Å². The largest absolute Gasteiger partial charge is 0.480 e. The molecule has 1 aliphatic rings. The van der Waals surface area contributed by atoms with Gasteiger partial charge in [0.25, 0.3) is 5.91 Å². The summed E-state index contributed by atoms with van der Waals surface area (Å²) >= 11 is 12.0. The Bertz CT molecular complexity index is 829. The number of pyridine rings is 1. The number of benzene rings is 1. The van der Waals surface area contributed by atoms with Crippen LogP contribution in [-0.2, 0) is 16.1 Å². The third-order valence-corrected chi connectivity index (χ3v) is 4.39. The van der Waals surface area contributed by atoms with E-state index in [-0.39, 0.29) is 25.0 Å². The van der Waals surface area contributed by atoms with Gasteiger partial charge in [-0.1, -0.05) is 29.3 Å². The standard InChI is InChI=1S/C17H15Cl2N3O3/c1-21(8-11-4-5-12(18)7-13(11)19)15(23)9-22-16(24)10-25-14-3-2-6-20-17(14)22/h2-7H,8-10H2,1H3. The maximum atomic E-state index is 12.5. The van der Waals surface area contributed by atoms with E-state index in [4.69, 9.17) is 27.9 Å². The molecule has 25 heavy (non-hydrogen) atoms. The first-order valence-corrected chi connectivity index (χ1v) is 8.27. The Kier molecular flexibility index (Phi) is 5.11. The second-order valence-corrected chi connectivity index (χ2v) is 6.42. The number of ether oxygens (including phenoxy) is 1. The number of likely N-dealkylation sites (N-methyl/N-ethyl adjacent to an activating group) is 1. The summed E-state index contributed by atoms with van der Waals surface area (Å²) in [5.74, 6) is 0.290. The van der Waals surface area contributed by atoms with E-state index < -0.39 is 0 Å². The Balaban J connectivity index is 1.72. The summed E-state index contributed by atoms with van der Waals surface area (Å²) in [6.07, 6.45) is 1.55. The van der Waals surface area contributed by atoms with Gasteiger partial charge in [0.15, 0.2) is 18.2 Å². The first-order chi connectivity index (χ1) is 12.0. The predicted octanol–water partition coefficient (Wildman–Crippen LogP) is 2.77. The molecule has 0 atom stereocenters. The van der Waals surface area contributed by atoms with Gasteiger partial charge in [0.05, 0.1) is 0 Å². The van der Waals surface area contributed by atoms with Crippen molar-refractivity contribution < 1.29 is 14.3 Å². The SMILES string of the molecule is CN(Cc1ccc(Cl)cc1Cl)C(=O)CN1C(=O)COc2cccnc21. The number of fused-ring (bicyclic) bond motifs is 1. The van der Waals surface area contributed by atoms with E-state index in [1.165, 1.54) is 9.80 Å². The van der Waals surface area contributed by atoms with Crippen LogP contribution < -0.4 is 9.64 Å². The zero-order valence-electron chi connectivity index (χ0n) is 13.4. The molecule has 0 bridgehead atoms. The smallest absolute Gasteiger partial charge is 0.266 e. The number of hydrogen-bond donors (Lipinski definition) is 0. The van der Waals surface area contributed by atoms with Gasteiger partial charge in [0.2, 0.25) is 5.91 Å².